The van der Waals surface area contributed by atoms with Crippen LogP contribution < -0.4 is 5.32 Å². The van der Waals surface area contributed by atoms with Gasteiger partial charge in [-0.2, -0.15) is 0 Å². The van der Waals surface area contributed by atoms with E-state index in [2.05, 4.69) is 5.32 Å². The zero-order valence-corrected chi connectivity index (χ0v) is 13.1. The standard InChI is InChI=1S/C18H17ClFNO2/c19-15-9-3-2-8-14(15)17(22)12-21-18(23)11-5-7-13-6-1-4-10-16(13)20/h1-10,17,22H,11-12H2,(H,21,23)/b7-5+. The predicted molar refractivity (Wildman–Crippen MR) is 89.5 cm³/mol. The molecule has 5 heteroatoms. The van der Waals surface area contributed by atoms with Crippen molar-refractivity contribution in [1.29, 1.82) is 0 Å². The lowest BCUT2D eigenvalue weighted by Crippen LogP contribution is -2.27. The monoisotopic (exact) mass is 333 g/mol. The number of carbonyl (C=O) groups is 1. The number of hydrogen-bond donors (Lipinski definition) is 2. The van der Waals surface area contributed by atoms with Crippen LogP contribution in [0.25, 0.3) is 6.08 Å². The van der Waals surface area contributed by atoms with E-state index in [9.17, 15) is 14.3 Å². The van der Waals surface area contributed by atoms with E-state index < -0.39 is 6.10 Å². The van der Waals surface area contributed by atoms with Crippen molar-refractivity contribution in [3.63, 3.8) is 0 Å². The number of hydrogen-bond acceptors (Lipinski definition) is 2. The van der Waals surface area contributed by atoms with Gasteiger partial charge >= 0.3 is 0 Å². The summed E-state index contributed by atoms with van der Waals surface area (Å²) in [7, 11) is 0. The Kier molecular flexibility index (Phi) is 6.32. The largest absolute Gasteiger partial charge is 0.387 e. The number of rotatable bonds is 6. The summed E-state index contributed by atoms with van der Waals surface area (Å²) in [5.74, 6) is -0.595. The van der Waals surface area contributed by atoms with Crippen LogP contribution in [0.4, 0.5) is 4.39 Å². The Balaban J connectivity index is 1.81. The molecule has 120 valence electrons. The molecular formula is C18H17ClFNO2. The van der Waals surface area contributed by atoms with Crippen LogP contribution in [0.3, 0.4) is 0 Å². The van der Waals surface area contributed by atoms with E-state index in [1.165, 1.54) is 6.07 Å². The Hall–Kier alpha value is -2.17. The maximum Gasteiger partial charge on any atom is 0.223 e. The molecule has 2 rings (SSSR count). The number of benzene rings is 2. The highest BCUT2D eigenvalue weighted by Gasteiger charge is 2.11. The molecule has 1 atom stereocenters. The van der Waals surface area contributed by atoms with E-state index in [0.717, 1.165) is 0 Å². The van der Waals surface area contributed by atoms with E-state index >= 15 is 0 Å². The Labute approximate surface area is 139 Å². The minimum atomic E-state index is -0.872. The number of aliphatic hydroxyl groups excluding tert-OH is 1. The minimum absolute atomic E-state index is 0.0656. The van der Waals surface area contributed by atoms with Crippen molar-refractivity contribution in [3.05, 3.63) is 76.6 Å². The molecule has 23 heavy (non-hydrogen) atoms. The molecule has 1 amide bonds. The quantitative estimate of drug-likeness (QED) is 0.846. The molecule has 0 aromatic heterocycles. The van der Waals surface area contributed by atoms with Crippen LogP contribution in [0.15, 0.2) is 54.6 Å². The highest BCUT2D eigenvalue weighted by atomic mass is 35.5. The Morgan fingerprint density at radius 2 is 1.91 bits per heavy atom. The van der Waals surface area contributed by atoms with Crippen molar-refractivity contribution in [2.75, 3.05) is 6.54 Å². The fraction of sp³-hybridized carbons (Fsp3) is 0.167. The Morgan fingerprint density at radius 3 is 2.65 bits per heavy atom. The second kappa shape index (κ2) is 8.46. The molecule has 0 bridgehead atoms. The second-order valence-electron chi connectivity index (χ2n) is 4.97. The summed E-state index contributed by atoms with van der Waals surface area (Å²) >= 11 is 5.98. The van der Waals surface area contributed by atoms with Crippen molar-refractivity contribution in [1.82, 2.24) is 5.32 Å². The molecule has 2 aromatic carbocycles. The molecule has 0 saturated heterocycles. The van der Waals surface area contributed by atoms with Crippen LogP contribution >= 0.6 is 11.6 Å². The van der Waals surface area contributed by atoms with Gasteiger partial charge in [0.15, 0.2) is 0 Å². The SMILES string of the molecule is O=C(C/C=C/c1ccccc1F)NCC(O)c1ccccc1Cl. The summed E-state index contributed by atoms with van der Waals surface area (Å²) in [5, 5.41) is 13.1. The maximum absolute atomic E-state index is 13.4. The van der Waals surface area contributed by atoms with E-state index in [1.807, 2.05) is 0 Å². The topological polar surface area (TPSA) is 49.3 Å². The lowest BCUT2D eigenvalue weighted by atomic mass is 10.1. The predicted octanol–water partition coefficient (Wildman–Crippen LogP) is 3.73. The average Bonchev–Trinajstić information content (AvgIpc) is 2.55. The highest BCUT2D eigenvalue weighted by Crippen LogP contribution is 2.21. The molecule has 0 fully saturated rings. The average molecular weight is 334 g/mol. The van der Waals surface area contributed by atoms with Gasteiger partial charge in [0.25, 0.3) is 0 Å². The lowest BCUT2D eigenvalue weighted by Gasteiger charge is -2.13. The van der Waals surface area contributed by atoms with Crippen LogP contribution in [0.2, 0.25) is 5.02 Å². The summed E-state index contributed by atoms with van der Waals surface area (Å²) in [5.41, 5.74) is 0.993. The van der Waals surface area contributed by atoms with Gasteiger partial charge in [-0.3, -0.25) is 4.79 Å². The molecule has 0 aliphatic carbocycles. The van der Waals surface area contributed by atoms with Crippen molar-refractivity contribution >= 4 is 23.6 Å². The summed E-state index contributed by atoms with van der Waals surface area (Å²) < 4.78 is 13.4. The van der Waals surface area contributed by atoms with Gasteiger partial charge in [-0.25, -0.2) is 4.39 Å². The van der Waals surface area contributed by atoms with Crippen molar-refractivity contribution in [3.8, 4) is 0 Å². The first-order valence-electron chi connectivity index (χ1n) is 7.18. The first-order valence-corrected chi connectivity index (χ1v) is 7.56. The number of amides is 1. The highest BCUT2D eigenvalue weighted by molar-refractivity contribution is 6.31. The molecule has 0 heterocycles. The van der Waals surface area contributed by atoms with Crippen molar-refractivity contribution in [2.24, 2.45) is 0 Å². The first kappa shape index (κ1) is 17.2. The molecule has 2 aromatic rings. The number of carbonyl (C=O) groups excluding carboxylic acids is 1. The third-order valence-electron chi connectivity index (χ3n) is 3.26. The third kappa shape index (κ3) is 5.20. The van der Waals surface area contributed by atoms with E-state index in [4.69, 9.17) is 11.6 Å². The smallest absolute Gasteiger partial charge is 0.223 e. The first-order chi connectivity index (χ1) is 11.1. The summed E-state index contributed by atoms with van der Waals surface area (Å²) in [6.07, 6.45) is 2.36. The van der Waals surface area contributed by atoms with Crippen LogP contribution in [0.1, 0.15) is 23.7 Å². The molecule has 0 spiro atoms. The molecule has 0 aliphatic rings. The molecule has 0 radical (unpaired) electrons. The number of nitrogens with one attached hydrogen (secondary N) is 1. The van der Waals surface area contributed by atoms with Crippen molar-refractivity contribution in [2.45, 2.75) is 12.5 Å². The van der Waals surface area contributed by atoms with Gasteiger partial charge < -0.3 is 10.4 Å². The van der Waals surface area contributed by atoms with Gasteiger partial charge in [-0.1, -0.05) is 60.2 Å². The summed E-state index contributed by atoms with van der Waals surface area (Å²) in [6.45, 7) is 0.0656. The van der Waals surface area contributed by atoms with Gasteiger partial charge in [-0.05, 0) is 12.1 Å². The zero-order valence-electron chi connectivity index (χ0n) is 12.4. The lowest BCUT2D eigenvalue weighted by molar-refractivity contribution is -0.120. The Bertz CT molecular complexity index is 703. The molecule has 2 N–H and O–H groups in total. The fourth-order valence-electron chi connectivity index (χ4n) is 2.04. The number of halogens is 2. The molecule has 3 nitrogen and oxygen atoms in total. The Morgan fingerprint density at radius 1 is 1.22 bits per heavy atom. The van der Waals surface area contributed by atoms with E-state index in [-0.39, 0.29) is 24.7 Å². The zero-order chi connectivity index (χ0) is 16.7. The molecule has 1 unspecified atom stereocenters. The van der Waals surface area contributed by atoms with Gasteiger partial charge in [0.2, 0.25) is 5.91 Å². The molecular weight excluding hydrogens is 317 g/mol. The summed E-state index contributed by atoms with van der Waals surface area (Å²) in [6, 6.07) is 13.2. The molecule has 0 aliphatic heterocycles. The van der Waals surface area contributed by atoms with E-state index in [1.54, 1.807) is 54.6 Å². The van der Waals surface area contributed by atoms with E-state index in [0.29, 0.717) is 16.1 Å². The number of aliphatic hydroxyl groups is 1. The second-order valence-corrected chi connectivity index (χ2v) is 5.38. The minimum Gasteiger partial charge on any atom is -0.387 e. The summed E-state index contributed by atoms with van der Waals surface area (Å²) in [4.78, 5) is 11.7. The van der Waals surface area contributed by atoms with Crippen LogP contribution in [0.5, 0.6) is 0 Å². The fourth-order valence-corrected chi connectivity index (χ4v) is 2.30. The van der Waals surface area contributed by atoms with Crippen LogP contribution in [0, 0.1) is 5.82 Å². The van der Waals surface area contributed by atoms with Gasteiger partial charge in [0, 0.05) is 29.1 Å². The van der Waals surface area contributed by atoms with Crippen LogP contribution in [-0.4, -0.2) is 17.6 Å². The van der Waals surface area contributed by atoms with Gasteiger partial charge in [-0.15, -0.1) is 0 Å². The van der Waals surface area contributed by atoms with Crippen molar-refractivity contribution < 1.29 is 14.3 Å². The van der Waals surface area contributed by atoms with Gasteiger partial charge in [0.05, 0.1) is 6.10 Å². The third-order valence-corrected chi connectivity index (χ3v) is 3.61. The normalized spacial score (nSPS) is 12.3. The van der Waals surface area contributed by atoms with Crippen LogP contribution in [-0.2, 0) is 4.79 Å². The maximum atomic E-state index is 13.4. The van der Waals surface area contributed by atoms with Gasteiger partial charge in [0.1, 0.15) is 5.82 Å². The molecule has 0 saturated carbocycles.